The van der Waals surface area contributed by atoms with Crippen LogP contribution in [-0.4, -0.2) is 10.9 Å². The van der Waals surface area contributed by atoms with Crippen molar-refractivity contribution in [3.63, 3.8) is 0 Å². The Balaban J connectivity index is 2.84. The predicted octanol–water partition coefficient (Wildman–Crippen LogP) is 3.09. The van der Waals surface area contributed by atoms with E-state index >= 15 is 0 Å². The van der Waals surface area contributed by atoms with Gasteiger partial charge >= 0.3 is 0 Å². The van der Waals surface area contributed by atoms with Crippen LogP contribution in [0.1, 0.15) is 25.3 Å². The highest BCUT2D eigenvalue weighted by atomic mass is 19.1. The number of ketones is 1. The Kier molecular flexibility index (Phi) is 4.03. The molecule has 0 bridgehead atoms. The van der Waals surface area contributed by atoms with Crippen molar-refractivity contribution in [1.29, 1.82) is 0 Å². The van der Waals surface area contributed by atoms with Crippen LogP contribution < -0.4 is 0 Å². The standard InChI is InChI=1S/C12H13FO2/c1-2-4-11(14)8-12(15)9-5-3-6-10(13)7-9/h3,5-8,15H,2,4H2,1H3. The van der Waals surface area contributed by atoms with E-state index in [0.717, 1.165) is 12.5 Å². The molecule has 0 saturated carbocycles. The summed E-state index contributed by atoms with van der Waals surface area (Å²) in [5.41, 5.74) is 0.319. The fourth-order valence-corrected chi connectivity index (χ4v) is 1.20. The quantitative estimate of drug-likeness (QED) is 0.609. The van der Waals surface area contributed by atoms with Crippen LogP contribution >= 0.6 is 0 Å². The molecule has 1 aromatic rings. The maximum atomic E-state index is 12.8. The lowest BCUT2D eigenvalue weighted by Gasteiger charge is -1.99. The first-order valence-electron chi connectivity index (χ1n) is 4.83. The average Bonchev–Trinajstić information content (AvgIpc) is 2.18. The number of hydrogen-bond acceptors (Lipinski definition) is 2. The summed E-state index contributed by atoms with van der Waals surface area (Å²) in [7, 11) is 0. The van der Waals surface area contributed by atoms with Crippen molar-refractivity contribution in [3.8, 4) is 0 Å². The van der Waals surface area contributed by atoms with Crippen molar-refractivity contribution >= 4 is 11.5 Å². The molecule has 0 amide bonds. The zero-order chi connectivity index (χ0) is 11.3. The molecule has 1 rings (SSSR count). The summed E-state index contributed by atoms with van der Waals surface area (Å²) in [6.45, 7) is 1.88. The van der Waals surface area contributed by atoms with E-state index in [1.807, 2.05) is 6.92 Å². The molecule has 1 N–H and O–H groups in total. The lowest BCUT2D eigenvalue weighted by Crippen LogP contribution is -1.94. The van der Waals surface area contributed by atoms with Gasteiger partial charge in [0.2, 0.25) is 0 Å². The van der Waals surface area contributed by atoms with E-state index in [0.29, 0.717) is 12.0 Å². The van der Waals surface area contributed by atoms with Crippen LogP contribution in [0.2, 0.25) is 0 Å². The highest BCUT2D eigenvalue weighted by Crippen LogP contribution is 2.13. The zero-order valence-corrected chi connectivity index (χ0v) is 8.53. The number of hydrogen-bond donors (Lipinski definition) is 1. The first-order valence-corrected chi connectivity index (χ1v) is 4.83. The summed E-state index contributed by atoms with van der Waals surface area (Å²) in [6, 6.07) is 5.50. The fourth-order valence-electron chi connectivity index (χ4n) is 1.20. The van der Waals surface area contributed by atoms with E-state index in [4.69, 9.17) is 0 Å². The zero-order valence-electron chi connectivity index (χ0n) is 8.53. The molecule has 3 heteroatoms. The average molecular weight is 208 g/mol. The molecule has 0 aliphatic carbocycles. The summed E-state index contributed by atoms with van der Waals surface area (Å²) >= 11 is 0. The first kappa shape index (κ1) is 11.4. The van der Waals surface area contributed by atoms with Crippen LogP contribution in [0.5, 0.6) is 0 Å². The van der Waals surface area contributed by atoms with Crippen molar-refractivity contribution in [2.75, 3.05) is 0 Å². The van der Waals surface area contributed by atoms with Gasteiger partial charge in [-0.25, -0.2) is 4.39 Å². The molecule has 0 aliphatic rings. The molecule has 0 aliphatic heterocycles. The smallest absolute Gasteiger partial charge is 0.159 e. The highest BCUT2D eigenvalue weighted by molar-refractivity contribution is 5.95. The normalized spacial score (nSPS) is 11.5. The third-order valence-electron chi connectivity index (χ3n) is 1.91. The van der Waals surface area contributed by atoms with Gasteiger partial charge in [0.05, 0.1) is 0 Å². The molecular weight excluding hydrogens is 195 g/mol. The SMILES string of the molecule is CCCC(=O)C=C(O)c1cccc(F)c1. The Morgan fingerprint density at radius 1 is 1.53 bits per heavy atom. The molecule has 0 aromatic heterocycles. The van der Waals surface area contributed by atoms with Crippen LogP contribution in [0.25, 0.3) is 5.76 Å². The van der Waals surface area contributed by atoms with E-state index in [1.54, 1.807) is 6.07 Å². The Labute approximate surface area is 88.1 Å². The molecule has 80 valence electrons. The van der Waals surface area contributed by atoms with Crippen LogP contribution in [0.3, 0.4) is 0 Å². The largest absolute Gasteiger partial charge is 0.507 e. The Morgan fingerprint density at radius 3 is 2.87 bits per heavy atom. The molecule has 15 heavy (non-hydrogen) atoms. The second kappa shape index (κ2) is 5.29. The van der Waals surface area contributed by atoms with E-state index in [9.17, 15) is 14.3 Å². The van der Waals surface area contributed by atoms with Crippen LogP contribution in [0, 0.1) is 5.82 Å². The minimum Gasteiger partial charge on any atom is -0.507 e. The molecule has 0 heterocycles. The van der Waals surface area contributed by atoms with Crippen LogP contribution in [-0.2, 0) is 4.79 Å². The molecule has 0 unspecified atom stereocenters. The second-order valence-electron chi connectivity index (χ2n) is 3.26. The van der Waals surface area contributed by atoms with E-state index in [-0.39, 0.29) is 11.5 Å². The van der Waals surface area contributed by atoms with Gasteiger partial charge in [0.1, 0.15) is 11.6 Å². The summed E-state index contributed by atoms with van der Waals surface area (Å²) in [5, 5.41) is 9.52. The maximum Gasteiger partial charge on any atom is 0.159 e. The number of benzene rings is 1. The van der Waals surface area contributed by atoms with Crippen LogP contribution in [0.15, 0.2) is 30.3 Å². The van der Waals surface area contributed by atoms with Gasteiger partial charge in [-0.2, -0.15) is 0 Å². The van der Waals surface area contributed by atoms with E-state index < -0.39 is 5.82 Å². The number of rotatable bonds is 4. The van der Waals surface area contributed by atoms with Gasteiger partial charge in [0, 0.05) is 18.1 Å². The van der Waals surface area contributed by atoms with Gasteiger partial charge in [-0.05, 0) is 18.6 Å². The molecule has 0 spiro atoms. The highest BCUT2D eigenvalue weighted by Gasteiger charge is 2.03. The monoisotopic (exact) mass is 208 g/mol. The van der Waals surface area contributed by atoms with Crippen LogP contribution in [0.4, 0.5) is 4.39 Å². The topological polar surface area (TPSA) is 37.3 Å². The van der Waals surface area contributed by atoms with Gasteiger partial charge in [0.15, 0.2) is 5.78 Å². The van der Waals surface area contributed by atoms with Crippen molar-refractivity contribution < 1.29 is 14.3 Å². The first-order chi connectivity index (χ1) is 7.13. The fraction of sp³-hybridized carbons (Fsp3) is 0.250. The number of allylic oxidation sites excluding steroid dienone is 1. The van der Waals surface area contributed by atoms with Gasteiger partial charge < -0.3 is 5.11 Å². The van der Waals surface area contributed by atoms with Gasteiger partial charge in [-0.1, -0.05) is 19.1 Å². The molecule has 2 nitrogen and oxygen atoms in total. The van der Waals surface area contributed by atoms with Crippen molar-refractivity contribution in [2.24, 2.45) is 0 Å². The lowest BCUT2D eigenvalue weighted by atomic mass is 10.1. The Bertz CT molecular complexity index is 383. The molecular formula is C12H13FO2. The van der Waals surface area contributed by atoms with Gasteiger partial charge in [-0.3, -0.25) is 4.79 Å². The van der Waals surface area contributed by atoms with E-state index in [1.165, 1.54) is 18.2 Å². The number of halogens is 1. The minimum atomic E-state index is -0.435. The summed E-state index contributed by atoms with van der Waals surface area (Å²) in [4.78, 5) is 11.2. The van der Waals surface area contributed by atoms with E-state index in [2.05, 4.69) is 0 Å². The summed E-state index contributed by atoms with van der Waals surface area (Å²) in [6.07, 6.45) is 2.25. The summed E-state index contributed by atoms with van der Waals surface area (Å²) in [5.74, 6) is -0.775. The van der Waals surface area contributed by atoms with Crippen molar-refractivity contribution in [1.82, 2.24) is 0 Å². The molecule has 0 radical (unpaired) electrons. The minimum absolute atomic E-state index is 0.153. The third-order valence-corrected chi connectivity index (χ3v) is 1.91. The molecule has 0 saturated heterocycles. The number of carbonyl (C=O) groups excluding carboxylic acids is 1. The number of aliphatic hydroxyl groups excluding tert-OH is 1. The molecule has 0 atom stereocenters. The second-order valence-corrected chi connectivity index (χ2v) is 3.26. The Morgan fingerprint density at radius 2 is 2.27 bits per heavy atom. The maximum absolute atomic E-state index is 12.8. The Hall–Kier alpha value is -1.64. The number of carbonyl (C=O) groups is 1. The lowest BCUT2D eigenvalue weighted by molar-refractivity contribution is -0.114. The molecule has 0 fully saturated rings. The number of aliphatic hydroxyl groups is 1. The van der Waals surface area contributed by atoms with Gasteiger partial charge in [-0.15, -0.1) is 0 Å². The van der Waals surface area contributed by atoms with Crippen molar-refractivity contribution in [2.45, 2.75) is 19.8 Å². The summed E-state index contributed by atoms with van der Waals surface area (Å²) < 4.78 is 12.8. The van der Waals surface area contributed by atoms with Gasteiger partial charge in [0.25, 0.3) is 0 Å². The predicted molar refractivity (Wildman–Crippen MR) is 56.9 cm³/mol. The third kappa shape index (κ3) is 3.54. The van der Waals surface area contributed by atoms with Crippen molar-refractivity contribution in [3.05, 3.63) is 41.7 Å². The molecule has 1 aromatic carbocycles.